The van der Waals surface area contributed by atoms with Gasteiger partial charge in [0.25, 0.3) is 15.9 Å². The Labute approximate surface area is 205 Å². The number of fused-ring (bicyclic) bond motifs is 1. The maximum atomic E-state index is 13.5. The van der Waals surface area contributed by atoms with E-state index >= 15 is 0 Å². The van der Waals surface area contributed by atoms with E-state index in [2.05, 4.69) is 17.5 Å². The summed E-state index contributed by atoms with van der Waals surface area (Å²) < 4.78 is 53.5. The van der Waals surface area contributed by atoms with E-state index in [9.17, 15) is 21.6 Å². The molecule has 0 saturated carbocycles. The van der Waals surface area contributed by atoms with Crippen molar-refractivity contribution in [2.75, 3.05) is 13.6 Å². The topological polar surface area (TPSA) is 104 Å². The molecule has 11 heteroatoms. The van der Waals surface area contributed by atoms with Crippen molar-refractivity contribution >= 4 is 49.4 Å². The fraction of sp³-hybridized carbons (Fsp3) is 0.261. The van der Waals surface area contributed by atoms with Crippen LogP contribution in [0.1, 0.15) is 12.0 Å². The van der Waals surface area contributed by atoms with Crippen LogP contribution in [0.5, 0.6) is 0 Å². The van der Waals surface area contributed by atoms with Gasteiger partial charge < -0.3 is 0 Å². The van der Waals surface area contributed by atoms with Gasteiger partial charge in [-0.05, 0) is 48.4 Å². The molecule has 0 spiro atoms. The highest BCUT2D eigenvalue weighted by atomic mass is 32.2. The van der Waals surface area contributed by atoms with Crippen LogP contribution in [0.4, 0.5) is 0 Å². The zero-order valence-corrected chi connectivity index (χ0v) is 21.1. The summed E-state index contributed by atoms with van der Waals surface area (Å²) in [6.45, 7) is 1.87. The van der Waals surface area contributed by atoms with Crippen LogP contribution in [0.25, 0.3) is 10.8 Å². The number of sulfonamides is 2. The lowest BCUT2D eigenvalue weighted by Crippen LogP contribution is -2.52. The van der Waals surface area contributed by atoms with E-state index in [0.717, 1.165) is 25.7 Å². The first-order valence-corrected chi connectivity index (χ1v) is 14.0. The molecule has 1 amide bonds. The van der Waals surface area contributed by atoms with Gasteiger partial charge in [0.1, 0.15) is 6.04 Å². The average molecular weight is 520 g/mol. The second-order valence-electron chi connectivity index (χ2n) is 8.29. The molecule has 1 N–H and O–H groups in total. The van der Waals surface area contributed by atoms with E-state index < -0.39 is 32.0 Å². The van der Waals surface area contributed by atoms with Gasteiger partial charge in [0.05, 0.1) is 9.79 Å². The van der Waals surface area contributed by atoms with Crippen molar-refractivity contribution in [2.24, 2.45) is 0 Å². The molecule has 8 nitrogen and oxygen atoms in total. The highest BCUT2D eigenvalue weighted by molar-refractivity contribution is 7.89. The van der Waals surface area contributed by atoms with E-state index in [-0.39, 0.29) is 28.0 Å². The van der Waals surface area contributed by atoms with E-state index in [1.54, 1.807) is 24.3 Å². The van der Waals surface area contributed by atoms with Gasteiger partial charge in [0.15, 0.2) is 0 Å². The molecule has 0 unspecified atom stereocenters. The zero-order chi connectivity index (χ0) is 24.7. The van der Waals surface area contributed by atoms with Crippen LogP contribution in [0, 0.1) is 6.92 Å². The van der Waals surface area contributed by atoms with Crippen molar-refractivity contribution in [3.8, 4) is 0 Å². The van der Waals surface area contributed by atoms with Gasteiger partial charge in [-0.15, -0.1) is 4.83 Å². The number of likely N-dealkylation sites (N-methyl/N-ethyl adjacent to an activating group) is 1. The lowest BCUT2D eigenvalue weighted by Gasteiger charge is -2.27. The number of rotatable bonds is 6. The molecule has 1 aliphatic heterocycles. The van der Waals surface area contributed by atoms with E-state index in [1.807, 2.05) is 31.2 Å². The molecule has 180 valence electrons. The fourth-order valence-corrected chi connectivity index (χ4v) is 7.17. The van der Waals surface area contributed by atoms with Crippen molar-refractivity contribution < 1.29 is 21.6 Å². The molecule has 1 fully saturated rings. The highest BCUT2D eigenvalue weighted by Gasteiger charge is 2.44. The molecule has 0 aromatic heterocycles. The number of nitrogens with zero attached hydrogens (tertiary/aromatic N) is 2. The quantitative estimate of drug-likeness (QED) is 0.385. The van der Waals surface area contributed by atoms with Crippen molar-refractivity contribution in [3.63, 3.8) is 0 Å². The number of nitrogens with one attached hydrogen (secondary N) is 1. The van der Waals surface area contributed by atoms with Crippen molar-refractivity contribution in [1.29, 1.82) is 0 Å². The highest BCUT2D eigenvalue weighted by Crippen LogP contribution is 2.31. The second kappa shape index (κ2) is 9.31. The normalized spacial score (nSPS) is 19.4. The lowest BCUT2D eigenvalue weighted by atomic mass is 10.1. The van der Waals surface area contributed by atoms with E-state index in [4.69, 9.17) is 0 Å². The van der Waals surface area contributed by atoms with Crippen molar-refractivity contribution in [2.45, 2.75) is 34.4 Å². The van der Waals surface area contributed by atoms with Crippen LogP contribution in [0.15, 0.2) is 76.5 Å². The Morgan fingerprint density at radius 3 is 2.26 bits per heavy atom. The van der Waals surface area contributed by atoms with Gasteiger partial charge in [0.2, 0.25) is 10.0 Å². The molecule has 34 heavy (non-hydrogen) atoms. The molecule has 1 aliphatic rings. The first-order valence-electron chi connectivity index (χ1n) is 10.5. The summed E-state index contributed by atoms with van der Waals surface area (Å²) in [4.78, 5) is 15.5. The van der Waals surface area contributed by atoms with Crippen LogP contribution in [-0.4, -0.2) is 56.9 Å². The van der Waals surface area contributed by atoms with Gasteiger partial charge >= 0.3 is 0 Å². The summed E-state index contributed by atoms with van der Waals surface area (Å²) in [6.07, 6.45) is 0.158. The Hall–Kier alpha value is -2.44. The Bertz CT molecular complexity index is 1440. The standard InChI is InChI=1S/C23H25N3O5S3/c1-16-7-10-20(11-8-16)33(28,29)24-25(2)23(27)22-14-19(32)15-26(22)34(30,31)21-12-9-17-5-3-4-6-18(17)13-21/h3-13,19,22,24,32H,14-15H2,1-2H3/t19-,22+/m1/s1. The number of aryl methyl sites for hydroxylation is 1. The third kappa shape index (κ3) is 4.84. The fourth-order valence-electron chi connectivity index (χ4n) is 3.96. The summed E-state index contributed by atoms with van der Waals surface area (Å²) >= 11 is 4.41. The van der Waals surface area contributed by atoms with Crippen molar-refractivity contribution in [1.82, 2.24) is 14.1 Å². The van der Waals surface area contributed by atoms with Gasteiger partial charge in [0, 0.05) is 18.8 Å². The third-order valence-electron chi connectivity index (χ3n) is 5.77. The average Bonchev–Trinajstić information content (AvgIpc) is 3.20. The van der Waals surface area contributed by atoms with Gasteiger partial charge in [-0.1, -0.05) is 48.0 Å². The van der Waals surface area contributed by atoms with Crippen LogP contribution < -0.4 is 4.83 Å². The predicted octanol–water partition coefficient (Wildman–Crippen LogP) is 2.56. The summed E-state index contributed by atoms with van der Waals surface area (Å²) in [7, 11) is -6.79. The van der Waals surface area contributed by atoms with E-state index in [1.165, 1.54) is 25.2 Å². The molecule has 3 aromatic rings. The molecular formula is C23H25N3O5S3. The largest absolute Gasteiger partial charge is 0.272 e. The van der Waals surface area contributed by atoms with Crippen LogP contribution in [0.2, 0.25) is 0 Å². The van der Waals surface area contributed by atoms with Crippen LogP contribution >= 0.6 is 12.6 Å². The number of benzene rings is 3. The van der Waals surface area contributed by atoms with E-state index in [0.29, 0.717) is 0 Å². The minimum atomic E-state index is -4.03. The van der Waals surface area contributed by atoms with Crippen LogP contribution in [-0.2, 0) is 24.8 Å². The number of thiol groups is 1. The molecule has 4 rings (SSSR count). The first-order chi connectivity index (χ1) is 16.0. The Kier molecular flexibility index (Phi) is 6.76. The molecule has 0 aliphatic carbocycles. The molecule has 1 saturated heterocycles. The summed E-state index contributed by atoms with van der Waals surface area (Å²) in [6, 6.07) is 17.3. The van der Waals surface area contributed by atoms with Gasteiger partial charge in [-0.2, -0.15) is 16.9 Å². The van der Waals surface area contributed by atoms with Gasteiger partial charge in [-0.25, -0.2) is 16.8 Å². The molecule has 0 radical (unpaired) electrons. The second-order valence-corrected chi connectivity index (χ2v) is 12.6. The molecule has 2 atom stereocenters. The Balaban J connectivity index is 1.59. The maximum Gasteiger partial charge on any atom is 0.257 e. The molecule has 1 heterocycles. The Morgan fingerprint density at radius 1 is 0.971 bits per heavy atom. The summed E-state index contributed by atoms with van der Waals surface area (Å²) in [5.74, 6) is -0.684. The number of amides is 1. The molecule has 0 bridgehead atoms. The Morgan fingerprint density at radius 2 is 1.59 bits per heavy atom. The first kappa shape index (κ1) is 24.7. The monoisotopic (exact) mass is 519 g/mol. The third-order valence-corrected chi connectivity index (χ3v) is 9.42. The molecular weight excluding hydrogens is 494 g/mol. The summed E-state index contributed by atoms with van der Waals surface area (Å²) in [5.41, 5.74) is 0.892. The molecule has 3 aromatic carbocycles. The lowest BCUT2D eigenvalue weighted by molar-refractivity contribution is -0.134. The zero-order valence-electron chi connectivity index (χ0n) is 18.6. The minimum absolute atomic E-state index is 0.00288. The van der Waals surface area contributed by atoms with Gasteiger partial charge in [-0.3, -0.25) is 9.80 Å². The number of hydrazine groups is 1. The van der Waals surface area contributed by atoms with Crippen LogP contribution in [0.3, 0.4) is 0 Å². The predicted molar refractivity (Wildman–Crippen MR) is 133 cm³/mol. The SMILES string of the molecule is Cc1ccc(S(=O)(=O)NN(C)C(=O)[C@@H]2C[C@@H](S)CN2S(=O)(=O)c2ccc3ccccc3c2)cc1. The minimum Gasteiger partial charge on any atom is -0.272 e. The number of carbonyl (C=O) groups is 1. The summed E-state index contributed by atoms with van der Waals surface area (Å²) in [5, 5.41) is 2.12. The number of hydrogen-bond donors (Lipinski definition) is 2. The smallest absolute Gasteiger partial charge is 0.257 e. The number of carbonyl (C=O) groups excluding carboxylic acids is 1. The maximum absolute atomic E-state index is 13.5. The van der Waals surface area contributed by atoms with Crippen molar-refractivity contribution in [3.05, 3.63) is 72.3 Å². The number of hydrogen-bond acceptors (Lipinski definition) is 6.